The fourth-order valence-electron chi connectivity index (χ4n) is 2.78. The Labute approximate surface area is 159 Å². The molecule has 0 unspecified atom stereocenters. The Kier molecular flexibility index (Phi) is 5.91. The predicted octanol–water partition coefficient (Wildman–Crippen LogP) is 3.80. The van der Waals surface area contributed by atoms with Crippen LogP contribution in [0.25, 0.3) is 11.7 Å². The van der Waals surface area contributed by atoms with E-state index in [9.17, 15) is 4.79 Å². The molecule has 1 amide bonds. The van der Waals surface area contributed by atoms with Gasteiger partial charge in [0.1, 0.15) is 11.4 Å². The first kappa shape index (κ1) is 18.7. The molecule has 2 heterocycles. The number of benzene rings is 1. The van der Waals surface area contributed by atoms with E-state index in [-0.39, 0.29) is 12.0 Å². The Balaban J connectivity index is 1.51. The summed E-state index contributed by atoms with van der Waals surface area (Å²) in [5, 5.41) is 2.90. The highest BCUT2D eigenvalue weighted by Crippen LogP contribution is 2.15. The van der Waals surface area contributed by atoms with E-state index in [2.05, 4.69) is 17.2 Å². The van der Waals surface area contributed by atoms with E-state index in [4.69, 9.17) is 4.74 Å². The van der Waals surface area contributed by atoms with Crippen LogP contribution < -0.4 is 10.1 Å². The van der Waals surface area contributed by atoms with Gasteiger partial charge in [-0.05, 0) is 56.2 Å². The molecular weight excluding hydrogens is 338 g/mol. The van der Waals surface area contributed by atoms with Gasteiger partial charge in [-0.25, -0.2) is 4.98 Å². The van der Waals surface area contributed by atoms with Gasteiger partial charge in [-0.2, -0.15) is 0 Å². The molecule has 0 aliphatic heterocycles. The number of nitrogens with zero attached hydrogens (tertiary/aromatic N) is 2. The molecule has 5 heteroatoms. The van der Waals surface area contributed by atoms with E-state index >= 15 is 0 Å². The predicted molar refractivity (Wildman–Crippen MR) is 108 cm³/mol. The van der Waals surface area contributed by atoms with Crippen LogP contribution >= 0.6 is 0 Å². The Hall–Kier alpha value is -3.08. The van der Waals surface area contributed by atoms with E-state index < -0.39 is 0 Å². The monoisotopic (exact) mass is 363 g/mol. The lowest BCUT2D eigenvalue weighted by Gasteiger charge is -2.09. The van der Waals surface area contributed by atoms with Gasteiger partial charge in [-0.3, -0.25) is 4.79 Å². The maximum absolute atomic E-state index is 12.0. The van der Waals surface area contributed by atoms with Crippen molar-refractivity contribution < 1.29 is 9.53 Å². The van der Waals surface area contributed by atoms with Crippen LogP contribution in [0.1, 0.15) is 30.7 Å². The van der Waals surface area contributed by atoms with Crippen LogP contribution in [0.2, 0.25) is 0 Å². The van der Waals surface area contributed by atoms with E-state index in [0.29, 0.717) is 13.0 Å². The van der Waals surface area contributed by atoms with E-state index in [0.717, 1.165) is 22.7 Å². The van der Waals surface area contributed by atoms with Gasteiger partial charge >= 0.3 is 0 Å². The molecule has 0 saturated heterocycles. The Morgan fingerprint density at radius 1 is 1.26 bits per heavy atom. The number of carbonyl (C=O) groups excluding carboxylic acids is 1. The van der Waals surface area contributed by atoms with Gasteiger partial charge < -0.3 is 14.5 Å². The van der Waals surface area contributed by atoms with Crippen LogP contribution in [0.15, 0.2) is 54.9 Å². The molecule has 3 rings (SSSR count). The summed E-state index contributed by atoms with van der Waals surface area (Å²) < 4.78 is 7.68. The normalized spacial score (nSPS) is 11.4. The second kappa shape index (κ2) is 8.54. The van der Waals surface area contributed by atoms with Crippen molar-refractivity contribution in [3.8, 4) is 5.75 Å². The lowest BCUT2D eigenvalue weighted by molar-refractivity contribution is -0.116. The van der Waals surface area contributed by atoms with E-state index in [1.54, 1.807) is 12.2 Å². The minimum atomic E-state index is -0.121. The summed E-state index contributed by atoms with van der Waals surface area (Å²) in [4.78, 5) is 16.6. The van der Waals surface area contributed by atoms with Crippen LogP contribution in [-0.2, 0) is 11.2 Å². The lowest BCUT2D eigenvalue weighted by atomic mass is 10.2. The molecule has 0 radical (unpaired) electrons. The number of aromatic nitrogens is 2. The fraction of sp³-hybridized carbons (Fsp3) is 0.273. The largest absolute Gasteiger partial charge is 0.491 e. The molecule has 140 valence electrons. The molecule has 1 aromatic carbocycles. The molecule has 0 bridgehead atoms. The average Bonchev–Trinajstić information content (AvgIpc) is 3.01. The number of hydrogen-bond donors (Lipinski definition) is 1. The van der Waals surface area contributed by atoms with Crippen molar-refractivity contribution in [3.05, 3.63) is 71.7 Å². The number of imidazole rings is 1. The molecule has 0 fully saturated rings. The summed E-state index contributed by atoms with van der Waals surface area (Å²) in [5.74, 6) is 0.680. The standard InChI is InChI=1S/C22H25N3O2/c1-16(2)27-20-6-4-5-18(13-20)8-10-22(26)23-12-11-19-15-25-14-17(3)7-9-21(25)24-19/h4-10,13-16H,11-12H2,1-3H3,(H,23,26)/b10-8+. The fourth-order valence-corrected chi connectivity index (χ4v) is 2.78. The second-order valence-electron chi connectivity index (χ2n) is 6.82. The van der Waals surface area contributed by atoms with Crippen molar-refractivity contribution in [2.45, 2.75) is 33.3 Å². The third kappa shape index (κ3) is 5.45. The zero-order valence-electron chi connectivity index (χ0n) is 16.0. The lowest BCUT2D eigenvalue weighted by Crippen LogP contribution is -2.23. The van der Waals surface area contributed by atoms with Crippen LogP contribution in [0, 0.1) is 6.92 Å². The van der Waals surface area contributed by atoms with Crippen molar-refractivity contribution in [1.82, 2.24) is 14.7 Å². The van der Waals surface area contributed by atoms with Crippen LogP contribution in [0.4, 0.5) is 0 Å². The van der Waals surface area contributed by atoms with Crippen molar-refractivity contribution >= 4 is 17.6 Å². The minimum absolute atomic E-state index is 0.121. The Bertz CT molecular complexity index is 957. The van der Waals surface area contributed by atoms with Gasteiger partial charge in [0.2, 0.25) is 5.91 Å². The highest BCUT2D eigenvalue weighted by Gasteiger charge is 2.03. The van der Waals surface area contributed by atoms with Gasteiger partial charge in [0, 0.05) is 31.4 Å². The van der Waals surface area contributed by atoms with Crippen molar-refractivity contribution in [2.75, 3.05) is 6.54 Å². The highest BCUT2D eigenvalue weighted by molar-refractivity contribution is 5.91. The smallest absolute Gasteiger partial charge is 0.244 e. The Morgan fingerprint density at radius 3 is 2.93 bits per heavy atom. The number of nitrogens with one attached hydrogen (secondary N) is 1. The number of fused-ring (bicyclic) bond motifs is 1. The zero-order chi connectivity index (χ0) is 19.2. The van der Waals surface area contributed by atoms with E-state index in [1.807, 2.05) is 67.0 Å². The first-order chi connectivity index (χ1) is 13.0. The minimum Gasteiger partial charge on any atom is -0.491 e. The number of pyridine rings is 1. The highest BCUT2D eigenvalue weighted by atomic mass is 16.5. The Morgan fingerprint density at radius 2 is 2.11 bits per heavy atom. The van der Waals surface area contributed by atoms with Crippen molar-refractivity contribution in [2.24, 2.45) is 0 Å². The molecule has 2 aromatic heterocycles. The summed E-state index contributed by atoms with van der Waals surface area (Å²) in [6.45, 7) is 6.57. The molecular formula is C22H25N3O2. The summed E-state index contributed by atoms with van der Waals surface area (Å²) in [5.41, 5.74) is 4.00. The summed E-state index contributed by atoms with van der Waals surface area (Å²) >= 11 is 0. The number of aryl methyl sites for hydroxylation is 1. The molecule has 0 saturated carbocycles. The summed E-state index contributed by atoms with van der Waals surface area (Å²) in [6.07, 6.45) is 8.20. The van der Waals surface area contributed by atoms with Crippen molar-refractivity contribution in [1.29, 1.82) is 0 Å². The molecule has 0 aliphatic carbocycles. The molecule has 0 aliphatic rings. The maximum atomic E-state index is 12.0. The molecule has 5 nitrogen and oxygen atoms in total. The number of amides is 1. The van der Waals surface area contributed by atoms with Crippen LogP contribution in [0.3, 0.4) is 0 Å². The number of hydrogen-bond acceptors (Lipinski definition) is 3. The van der Waals surface area contributed by atoms with Crippen molar-refractivity contribution in [3.63, 3.8) is 0 Å². The maximum Gasteiger partial charge on any atom is 0.244 e. The van der Waals surface area contributed by atoms with Gasteiger partial charge in [0.05, 0.1) is 11.8 Å². The van der Waals surface area contributed by atoms with E-state index in [1.165, 1.54) is 5.56 Å². The molecule has 0 spiro atoms. The van der Waals surface area contributed by atoms with Gasteiger partial charge in [-0.1, -0.05) is 18.2 Å². The molecule has 0 atom stereocenters. The quantitative estimate of drug-likeness (QED) is 0.650. The zero-order valence-corrected chi connectivity index (χ0v) is 16.0. The topological polar surface area (TPSA) is 55.6 Å². The molecule has 3 aromatic rings. The number of carbonyl (C=O) groups is 1. The average molecular weight is 363 g/mol. The van der Waals surface area contributed by atoms with Crippen LogP contribution in [0.5, 0.6) is 5.75 Å². The first-order valence-electron chi connectivity index (χ1n) is 9.16. The number of ether oxygens (including phenoxy) is 1. The van der Waals surface area contributed by atoms with Gasteiger partial charge in [-0.15, -0.1) is 0 Å². The van der Waals surface area contributed by atoms with Crippen LogP contribution in [-0.4, -0.2) is 27.9 Å². The molecule has 27 heavy (non-hydrogen) atoms. The summed E-state index contributed by atoms with van der Waals surface area (Å²) in [6, 6.07) is 11.7. The first-order valence-corrected chi connectivity index (χ1v) is 9.16. The molecule has 1 N–H and O–H groups in total. The number of rotatable bonds is 7. The second-order valence-corrected chi connectivity index (χ2v) is 6.82. The third-order valence-corrected chi connectivity index (χ3v) is 3.99. The van der Waals surface area contributed by atoms with Gasteiger partial charge in [0.25, 0.3) is 0 Å². The SMILES string of the molecule is Cc1ccc2nc(CCNC(=O)/C=C/c3cccc(OC(C)C)c3)cn2c1. The van der Waals surface area contributed by atoms with Gasteiger partial charge in [0.15, 0.2) is 0 Å². The summed E-state index contributed by atoms with van der Waals surface area (Å²) in [7, 11) is 0. The third-order valence-electron chi connectivity index (χ3n) is 3.99.